The molecular formula is C10H12N2O2. The first-order valence-electron chi connectivity index (χ1n) is 4.44. The number of fused-ring (bicyclic) bond motifs is 1. The van der Waals surface area contributed by atoms with Crippen molar-refractivity contribution in [2.75, 3.05) is 12.4 Å². The highest BCUT2D eigenvalue weighted by molar-refractivity contribution is 5.98. The Morgan fingerprint density at radius 2 is 2.36 bits per heavy atom. The van der Waals surface area contributed by atoms with Crippen molar-refractivity contribution in [3.05, 3.63) is 23.8 Å². The summed E-state index contributed by atoms with van der Waals surface area (Å²) in [5.74, 6) is 0.642. The number of nitrogens with one attached hydrogen (secondary N) is 1. The molecule has 14 heavy (non-hydrogen) atoms. The standard InChI is InChI=1S/C10H12N2O2/c1-14-9-4-2-3-8-6(9)5-7(11)10(13)12-8/h2-4,7H,5,11H2,1H3,(H,12,13). The molecule has 0 saturated heterocycles. The quantitative estimate of drug-likeness (QED) is 0.681. The molecule has 0 aliphatic carbocycles. The van der Waals surface area contributed by atoms with Gasteiger partial charge in [-0.1, -0.05) is 6.07 Å². The van der Waals surface area contributed by atoms with Gasteiger partial charge < -0.3 is 15.8 Å². The van der Waals surface area contributed by atoms with E-state index in [9.17, 15) is 4.79 Å². The first-order chi connectivity index (χ1) is 6.72. The van der Waals surface area contributed by atoms with Gasteiger partial charge >= 0.3 is 0 Å². The molecule has 3 N–H and O–H groups in total. The number of methoxy groups -OCH3 is 1. The van der Waals surface area contributed by atoms with E-state index in [0.717, 1.165) is 17.0 Å². The van der Waals surface area contributed by atoms with Crippen LogP contribution in [0.15, 0.2) is 18.2 Å². The van der Waals surface area contributed by atoms with Crippen LogP contribution in [0.25, 0.3) is 0 Å². The van der Waals surface area contributed by atoms with Crippen molar-refractivity contribution in [2.24, 2.45) is 5.73 Å². The fraction of sp³-hybridized carbons (Fsp3) is 0.300. The summed E-state index contributed by atoms with van der Waals surface area (Å²) in [6.45, 7) is 0. The van der Waals surface area contributed by atoms with E-state index < -0.39 is 6.04 Å². The Bertz CT molecular complexity index is 376. The molecule has 1 unspecified atom stereocenters. The molecule has 1 atom stereocenters. The Morgan fingerprint density at radius 3 is 3.07 bits per heavy atom. The van der Waals surface area contributed by atoms with Crippen LogP contribution in [0.3, 0.4) is 0 Å². The zero-order chi connectivity index (χ0) is 10.1. The molecule has 2 rings (SSSR count). The van der Waals surface area contributed by atoms with Crippen LogP contribution in [0.1, 0.15) is 5.56 Å². The maximum Gasteiger partial charge on any atom is 0.241 e. The number of hydrogen-bond acceptors (Lipinski definition) is 3. The predicted molar refractivity (Wildman–Crippen MR) is 53.3 cm³/mol. The SMILES string of the molecule is COc1cccc2c1CC(N)C(=O)N2. The third-order valence-electron chi connectivity index (χ3n) is 2.37. The lowest BCUT2D eigenvalue weighted by Gasteiger charge is -2.23. The Kier molecular flexibility index (Phi) is 2.13. The number of amides is 1. The maximum absolute atomic E-state index is 11.3. The minimum Gasteiger partial charge on any atom is -0.496 e. The Labute approximate surface area is 82.1 Å². The van der Waals surface area contributed by atoms with Crippen LogP contribution < -0.4 is 15.8 Å². The fourth-order valence-corrected chi connectivity index (χ4v) is 1.62. The molecule has 0 aromatic heterocycles. The largest absolute Gasteiger partial charge is 0.496 e. The summed E-state index contributed by atoms with van der Waals surface area (Å²) in [7, 11) is 1.61. The molecule has 0 bridgehead atoms. The maximum atomic E-state index is 11.3. The zero-order valence-electron chi connectivity index (χ0n) is 7.91. The first-order valence-corrected chi connectivity index (χ1v) is 4.44. The Balaban J connectivity index is 2.46. The average Bonchev–Trinajstić information content (AvgIpc) is 2.19. The summed E-state index contributed by atoms with van der Waals surface area (Å²) in [4.78, 5) is 11.3. The second-order valence-electron chi connectivity index (χ2n) is 3.29. The van der Waals surface area contributed by atoms with Crippen LogP contribution in [0.5, 0.6) is 5.75 Å². The summed E-state index contributed by atoms with van der Waals surface area (Å²) >= 11 is 0. The highest BCUT2D eigenvalue weighted by Gasteiger charge is 2.24. The monoisotopic (exact) mass is 192 g/mol. The van der Waals surface area contributed by atoms with Crippen LogP contribution in [-0.2, 0) is 11.2 Å². The van der Waals surface area contributed by atoms with Gasteiger partial charge in [0.05, 0.1) is 13.2 Å². The smallest absolute Gasteiger partial charge is 0.241 e. The molecular weight excluding hydrogens is 180 g/mol. The molecule has 4 heteroatoms. The molecule has 1 heterocycles. The molecule has 0 saturated carbocycles. The van der Waals surface area contributed by atoms with E-state index in [2.05, 4.69) is 5.32 Å². The van der Waals surface area contributed by atoms with E-state index in [1.54, 1.807) is 7.11 Å². The Morgan fingerprint density at radius 1 is 1.57 bits per heavy atom. The van der Waals surface area contributed by atoms with Crippen molar-refractivity contribution in [1.82, 2.24) is 0 Å². The van der Waals surface area contributed by atoms with Gasteiger partial charge in [-0.05, 0) is 12.1 Å². The van der Waals surface area contributed by atoms with Crippen molar-refractivity contribution >= 4 is 11.6 Å². The molecule has 1 aromatic rings. The molecule has 1 aromatic carbocycles. The normalized spacial score (nSPS) is 19.9. The summed E-state index contributed by atoms with van der Waals surface area (Å²) < 4.78 is 5.19. The number of nitrogens with two attached hydrogens (primary N) is 1. The summed E-state index contributed by atoms with van der Waals surface area (Å²) in [5, 5.41) is 2.74. The van der Waals surface area contributed by atoms with E-state index in [-0.39, 0.29) is 5.91 Å². The van der Waals surface area contributed by atoms with E-state index in [4.69, 9.17) is 10.5 Å². The van der Waals surface area contributed by atoms with Gasteiger partial charge in [0.25, 0.3) is 0 Å². The van der Waals surface area contributed by atoms with E-state index in [0.29, 0.717) is 6.42 Å². The molecule has 0 fully saturated rings. The summed E-state index contributed by atoms with van der Waals surface area (Å²) in [6.07, 6.45) is 0.533. The molecule has 1 amide bonds. The Hall–Kier alpha value is -1.55. The number of benzene rings is 1. The third-order valence-corrected chi connectivity index (χ3v) is 2.37. The van der Waals surface area contributed by atoms with Gasteiger partial charge in [0.2, 0.25) is 5.91 Å². The van der Waals surface area contributed by atoms with Gasteiger partial charge in [0.1, 0.15) is 5.75 Å². The number of rotatable bonds is 1. The van der Waals surface area contributed by atoms with Crippen molar-refractivity contribution in [3.8, 4) is 5.75 Å². The van der Waals surface area contributed by atoms with Crippen LogP contribution in [0.4, 0.5) is 5.69 Å². The zero-order valence-corrected chi connectivity index (χ0v) is 7.91. The summed E-state index contributed by atoms with van der Waals surface area (Å²) in [5.41, 5.74) is 7.43. The van der Waals surface area contributed by atoms with Crippen molar-refractivity contribution in [1.29, 1.82) is 0 Å². The second kappa shape index (κ2) is 3.31. The number of carbonyl (C=O) groups is 1. The number of carbonyl (C=O) groups excluding carboxylic acids is 1. The van der Waals surface area contributed by atoms with Crippen LogP contribution in [-0.4, -0.2) is 19.1 Å². The van der Waals surface area contributed by atoms with Crippen molar-refractivity contribution < 1.29 is 9.53 Å². The molecule has 0 radical (unpaired) electrons. The summed E-state index contributed by atoms with van der Waals surface area (Å²) in [6, 6.07) is 5.08. The van der Waals surface area contributed by atoms with E-state index in [1.165, 1.54) is 0 Å². The van der Waals surface area contributed by atoms with Gasteiger partial charge in [-0.15, -0.1) is 0 Å². The molecule has 74 valence electrons. The van der Waals surface area contributed by atoms with Crippen LogP contribution in [0.2, 0.25) is 0 Å². The van der Waals surface area contributed by atoms with Crippen LogP contribution >= 0.6 is 0 Å². The average molecular weight is 192 g/mol. The van der Waals surface area contributed by atoms with Crippen molar-refractivity contribution in [2.45, 2.75) is 12.5 Å². The lowest BCUT2D eigenvalue weighted by molar-refractivity contribution is -0.117. The van der Waals surface area contributed by atoms with Gasteiger partial charge in [0, 0.05) is 17.7 Å². The first kappa shape index (κ1) is 9.02. The lowest BCUT2D eigenvalue weighted by atomic mass is 9.99. The minimum absolute atomic E-state index is 0.134. The number of anilines is 1. The fourth-order valence-electron chi connectivity index (χ4n) is 1.62. The van der Waals surface area contributed by atoms with Gasteiger partial charge in [-0.3, -0.25) is 4.79 Å². The highest BCUT2D eigenvalue weighted by atomic mass is 16.5. The molecule has 1 aliphatic rings. The highest BCUT2D eigenvalue weighted by Crippen LogP contribution is 2.30. The van der Waals surface area contributed by atoms with E-state index in [1.807, 2.05) is 18.2 Å². The van der Waals surface area contributed by atoms with Gasteiger partial charge in [0.15, 0.2) is 0 Å². The lowest BCUT2D eigenvalue weighted by Crippen LogP contribution is -2.41. The molecule has 4 nitrogen and oxygen atoms in total. The minimum atomic E-state index is -0.473. The third kappa shape index (κ3) is 1.33. The van der Waals surface area contributed by atoms with E-state index >= 15 is 0 Å². The second-order valence-corrected chi connectivity index (χ2v) is 3.29. The van der Waals surface area contributed by atoms with Gasteiger partial charge in [-0.25, -0.2) is 0 Å². The molecule has 1 aliphatic heterocycles. The van der Waals surface area contributed by atoms with Gasteiger partial charge in [-0.2, -0.15) is 0 Å². The van der Waals surface area contributed by atoms with Crippen LogP contribution in [0, 0.1) is 0 Å². The predicted octanol–water partition coefficient (Wildman–Crippen LogP) is 0.517. The number of hydrogen-bond donors (Lipinski definition) is 2. The van der Waals surface area contributed by atoms with Crippen molar-refractivity contribution in [3.63, 3.8) is 0 Å². The topological polar surface area (TPSA) is 64.3 Å². The number of ether oxygens (including phenoxy) is 1. The molecule has 0 spiro atoms.